The highest BCUT2D eigenvalue weighted by Gasteiger charge is 2.24. The van der Waals surface area contributed by atoms with Gasteiger partial charge >= 0.3 is 0 Å². The summed E-state index contributed by atoms with van der Waals surface area (Å²) in [6, 6.07) is 22.3. The van der Waals surface area contributed by atoms with E-state index in [1.54, 1.807) is 0 Å². The quantitative estimate of drug-likeness (QED) is 0.337. The number of aromatic nitrogens is 3. The minimum Gasteiger partial charge on any atom is -0.305 e. The van der Waals surface area contributed by atoms with Crippen LogP contribution in [0.4, 0.5) is 0 Å². The van der Waals surface area contributed by atoms with E-state index in [4.69, 9.17) is 4.98 Å². The Morgan fingerprint density at radius 1 is 0.964 bits per heavy atom. The van der Waals surface area contributed by atoms with E-state index < -0.39 is 0 Å². The first-order chi connectivity index (χ1) is 13.2. The summed E-state index contributed by atoms with van der Waals surface area (Å²) in [5.41, 5.74) is 4.69. The van der Waals surface area contributed by atoms with E-state index >= 15 is 0 Å². The van der Waals surface area contributed by atoms with Gasteiger partial charge in [-0.05, 0) is 36.1 Å². The zero-order valence-corrected chi connectivity index (χ0v) is 17.7. The van der Waals surface area contributed by atoms with Crippen molar-refractivity contribution < 1.29 is 4.79 Å². The maximum atomic E-state index is 13.2. The van der Waals surface area contributed by atoms with Gasteiger partial charge in [0.25, 0.3) is 0 Å². The van der Waals surface area contributed by atoms with Crippen LogP contribution < -0.4 is 0 Å². The third-order valence-corrected chi connectivity index (χ3v) is 5.70. The van der Waals surface area contributed by atoms with E-state index in [1.165, 1.54) is 16.9 Å². The first-order valence-corrected chi connectivity index (χ1v) is 9.70. The lowest BCUT2D eigenvalue weighted by atomic mass is 10.2. The molecule has 3 aromatic heterocycles. The van der Waals surface area contributed by atoms with Crippen LogP contribution in [0.5, 0.6) is 0 Å². The molecule has 0 amide bonds. The second-order valence-corrected chi connectivity index (χ2v) is 7.50. The van der Waals surface area contributed by atoms with E-state index in [1.807, 2.05) is 59.2 Å². The lowest BCUT2D eigenvalue weighted by molar-refractivity contribution is 0.103. The largest absolute Gasteiger partial charge is 0.305 e. The van der Waals surface area contributed by atoms with Crippen LogP contribution in [0.2, 0.25) is 0 Å². The van der Waals surface area contributed by atoms with Crippen LogP contribution in [-0.4, -0.2) is 19.7 Å². The molecule has 0 bridgehead atoms. The molecule has 0 fully saturated rings. The van der Waals surface area contributed by atoms with Gasteiger partial charge in [0.2, 0.25) is 11.6 Å². The van der Waals surface area contributed by atoms with Crippen molar-refractivity contribution in [3.8, 4) is 0 Å². The smallest absolute Gasteiger partial charge is 0.221 e. The molecule has 0 saturated heterocycles. The summed E-state index contributed by atoms with van der Waals surface area (Å²) in [6.07, 6.45) is 0. The van der Waals surface area contributed by atoms with Gasteiger partial charge in [-0.3, -0.25) is 9.20 Å². The van der Waals surface area contributed by atoms with Gasteiger partial charge in [0.05, 0.1) is 28.1 Å². The van der Waals surface area contributed by atoms with Gasteiger partial charge in [0.15, 0.2) is 0 Å². The maximum Gasteiger partial charge on any atom is 0.221 e. The molecule has 4 nitrogen and oxygen atoms in total. The Bertz CT molecular complexity index is 1270. The lowest BCUT2D eigenvalue weighted by Gasteiger charge is -2.05. The van der Waals surface area contributed by atoms with Gasteiger partial charge < -0.3 is 4.57 Å². The zero-order chi connectivity index (χ0) is 18.4. The fourth-order valence-corrected chi connectivity index (χ4v) is 4.29. The Balaban J connectivity index is 0.00000192. The van der Waals surface area contributed by atoms with Gasteiger partial charge in [0.1, 0.15) is 5.69 Å². The Morgan fingerprint density at radius 2 is 1.68 bits per heavy atom. The van der Waals surface area contributed by atoms with Gasteiger partial charge in [-0.1, -0.05) is 48.5 Å². The van der Waals surface area contributed by atoms with Gasteiger partial charge in [-0.25, -0.2) is 4.98 Å². The van der Waals surface area contributed by atoms with Crippen molar-refractivity contribution >= 4 is 50.9 Å². The standard InChI is InChI=1S/C22H17N3OS.BrH/c1-15-20(21(26)19-12-7-13-27-19)25-18-11-6-5-10-17(18)24(22(25)23-15)14-16-8-3-2-4-9-16;/h2-13H,14H2,1H3;1H. The average Bonchev–Trinajstić information content (AvgIpc) is 3.40. The third-order valence-electron chi connectivity index (χ3n) is 4.83. The van der Waals surface area contributed by atoms with Crippen LogP contribution in [0.15, 0.2) is 72.1 Å². The normalized spacial score (nSPS) is 11.0. The maximum absolute atomic E-state index is 13.2. The predicted octanol–water partition coefficient (Wildman–Crippen LogP) is 5.52. The molecule has 5 aromatic rings. The number of hydrogen-bond donors (Lipinski definition) is 0. The molecule has 0 aliphatic heterocycles. The summed E-state index contributed by atoms with van der Waals surface area (Å²) >= 11 is 1.46. The minimum absolute atomic E-state index is 0. The van der Waals surface area contributed by atoms with Crippen LogP contribution in [-0.2, 0) is 6.54 Å². The van der Waals surface area contributed by atoms with Gasteiger partial charge in [-0.15, -0.1) is 28.3 Å². The number of hydrogen-bond acceptors (Lipinski definition) is 3. The number of ketones is 1. The van der Waals surface area contributed by atoms with Crippen molar-refractivity contribution in [3.63, 3.8) is 0 Å². The molecule has 28 heavy (non-hydrogen) atoms. The van der Waals surface area contributed by atoms with Crippen molar-refractivity contribution in [2.45, 2.75) is 13.5 Å². The highest BCUT2D eigenvalue weighted by molar-refractivity contribution is 8.93. The molecule has 0 aliphatic rings. The predicted molar refractivity (Wildman–Crippen MR) is 119 cm³/mol. The summed E-state index contributed by atoms with van der Waals surface area (Å²) in [7, 11) is 0. The number of carbonyl (C=O) groups is 1. The zero-order valence-electron chi connectivity index (χ0n) is 15.2. The third kappa shape index (κ3) is 2.89. The molecule has 2 aromatic carbocycles. The summed E-state index contributed by atoms with van der Waals surface area (Å²) in [5.74, 6) is 0.829. The Kier molecular flexibility index (Phi) is 4.91. The lowest BCUT2D eigenvalue weighted by Crippen LogP contribution is -2.05. The molecule has 0 atom stereocenters. The molecule has 0 saturated carbocycles. The first-order valence-electron chi connectivity index (χ1n) is 8.82. The number of nitrogens with zero attached hydrogens (tertiary/aromatic N) is 3. The molecule has 3 heterocycles. The van der Waals surface area contributed by atoms with Gasteiger partial charge in [0, 0.05) is 0 Å². The Hall–Kier alpha value is -2.70. The number of halogens is 1. The van der Waals surface area contributed by atoms with Crippen molar-refractivity contribution in [3.05, 3.63) is 93.9 Å². The van der Waals surface area contributed by atoms with Crippen LogP contribution >= 0.6 is 28.3 Å². The SMILES string of the molecule is Br.Cc1nc2n(Cc3ccccc3)c3ccccc3n2c1C(=O)c1cccs1. The van der Waals surface area contributed by atoms with E-state index in [-0.39, 0.29) is 22.8 Å². The fourth-order valence-electron chi connectivity index (χ4n) is 3.63. The molecule has 5 rings (SSSR count). The van der Waals surface area contributed by atoms with Crippen LogP contribution in [0.1, 0.15) is 26.6 Å². The summed E-state index contributed by atoms with van der Waals surface area (Å²) in [5, 5.41) is 1.93. The van der Waals surface area contributed by atoms with Crippen molar-refractivity contribution in [2.75, 3.05) is 0 Å². The molecule has 0 unspecified atom stereocenters. The molecule has 0 N–H and O–H groups in total. The molecule has 6 heteroatoms. The minimum atomic E-state index is 0. The average molecular weight is 452 g/mol. The number of benzene rings is 2. The fraction of sp³-hybridized carbons (Fsp3) is 0.0909. The van der Waals surface area contributed by atoms with Crippen LogP contribution in [0.3, 0.4) is 0 Å². The summed E-state index contributed by atoms with van der Waals surface area (Å²) < 4.78 is 4.19. The number of carbonyl (C=O) groups excluding carboxylic acids is 1. The summed E-state index contributed by atoms with van der Waals surface area (Å²) in [4.78, 5) is 18.7. The van der Waals surface area contributed by atoms with Crippen molar-refractivity contribution in [1.82, 2.24) is 14.0 Å². The molecule has 0 spiro atoms. The van der Waals surface area contributed by atoms with Crippen LogP contribution in [0, 0.1) is 6.92 Å². The van der Waals surface area contributed by atoms with Gasteiger partial charge in [-0.2, -0.15) is 0 Å². The monoisotopic (exact) mass is 451 g/mol. The van der Waals surface area contributed by atoms with E-state index in [0.29, 0.717) is 12.2 Å². The first kappa shape index (κ1) is 18.7. The summed E-state index contributed by atoms with van der Waals surface area (Å²) in [6.45, 7) is 2.62. The highest BCUT2D eigenvalue weighted by Crippen LogP contribution is 2.27. The van der Waals surface area contributed by atoms with Crippen molar-refractivity contribution in [2.24, 2.45) is 0 Å². The molecular formula is C22H18BrN3OS. The Morgan fingerprint density at radius 3 is 2.39 bits per heavy atom. The number of thiophene rings is 1. The molecule has 0 aliphatic carbocycles. The second kappa shape index (κ2) is 7.37. The number of para-hydroxylation sites is 2. The number of imidazole rings is 2. The molecule has 140 valence electrons. The Labute approximate surface area is 176 Å². The number of fused-ring (bicyclic) bond motifs is 3. The number of aryl methyl sites for hydroxylation is 1. The molecular weight excluding hydrogens is 434 g/mol. The van der Waals surface area contributed by atoms with E-state index in [9.17, 15) is 4.79 Å². The topological polar surface area (TPSA) is 39.3 Å². The van der Waals surface area contributed by atoms with Crippen molar-refractivity contribution in [1.29, 1.82) is 0 Å². The highest BCUT2D eigenvalue weighted by atomic mass is 79.9. The van der Waals surface area contributed by atoms with Crippen LogP contribution in [0.25, 0.3) is 16.8 Å². The molecule has 0 radical (unpaired) electrons. The van der Waals surface area contributed by atoms with E-state index in [2.05, 4.69) is 28.8 Å². The number of rotatable bonds is 4. The second-order valence-electron chi connectivity index (χ2n) is 6.55. The van der Waals surface area contributed by atoms with E-state index in [0.717, 1.165) is 27.4 Å².